The van der Waals surface area contributed by atoms with Crippen molar-refractivity contribution in [3.63, 3.8) is 0 Å². The molecule has 2 aromatic carbocycles. The van der Waals surface area contributed by atoms with Crippen molar-refractivity contribution in [3.05, 3.63) is 60.2 Å². The van der Waals surface area contributed by atoms with E-state index in [1.54, 1.807) is 0 Å². The molecule has 0 spiro atoms. The summed E-state index contributed by atoms with van der Waals surface area (Å²) in [6.07, 6.45) is -0.418. The highest BCUT2D eigenvalue weighted by Crippen LogP contribution is 2.20. The number of nitrogens with one attached hydrogen (secondary N) is 2. The van der Waals surface area contributed by atoms with Gasteiger partial charge in [0.15, 0.2) is 0 Å². The van der Waals surface area contributed by atoms with Gasteiger partial charge in [-0.3, -0.25) is 9.59 Å². The molecule has 0 aliphatic heterocycles. The lowest BCUT2D eigenvalue weighted by atomic mass is 9.99. The van der Waals surface area contributed by atoms with Gasteiger partial charge >= 0.3 is 0 Å². The van der Waals surface area contributed by atoms with Crippen LogP contribution in [-0.4, -0.2) is 35.1 Å². The number of rotatable bonds is 10. The van der Waals surface area contributed by atoms with Crippen molar-refractivity contribution in [2.45, 2.75) is 65.6 Å². The smallest absolute Gasteiger partial charge is 0.249 e. The van der Waals surface area contributed by atoms with E-state index in [9.17, 15) is 14.7 Å². The molecular weight excluding hydrogens is 388 g/mol. The van der Waals surface area contributed by atoms with Crippen LogP contribution in [0.5, 0.6) is 0 Å². The highest BCUT2D eigenvalue weighted by atomic mass is 16.3. The Kier molecular flexibility index (Phi) is 9.25. The van der Waals surface area contributed by atoms with Crippen LogP contribution in [0.25, 0.3) is 11.1 Å². The highest BCUT2D eigenvalue weighted by molar-refractivity contribution is 5.89. The van der Waals surface area contributed by atoms with Gasteiger partial charge in [-0.15, -0.1) is 0 Å². The fourth-order valence-corrected chi connectivity index (χ4v) is 3.22. The van der Waals surface area contributed by atoms with Gasteiger partial charge in [-0.25, -0.2) is 0 Å². The van der Waals surface area contributed by atoms with Gasteiger partial charge in [0.05, 0.1) is 0 Å². The Morgan fingerprint density at radius 3 is 1.94 bits per heavy atom. The highest BCUT2D eigenvalue weighted by Gasteiger charge is 2.26. The third-order valence-corrected chi connectivity index (χ3v) is 5.50. The number of carbonyl (C=O) groups excluding carboxylic acids is 2. The molecule has 3 N–H and O–H groups in total. The zero-order valence-electron chi connectivity index (χ0n) is 19.3. The molecule has 0 aliphatic rings. The summed E-state index contributed by atoms with van der Waals surface area (Å²) in [5, 5.41) is 15.9. The van der Waals surface area contributed by atoms with E-state index in [1.807, 2.05) is 77.1 Å². The van der Waals surface area contributed by atoms with Crippen molar-refractivity contribution >= 4 is 11.8 Å². The maximum Gasteiger partial charge on any atom is 0.249 e. The lowest BCUT2D eigenvalue weighted by Gasteiger charge is -2.24. The standard InChI is InChI=1S/C26H36N2O3/c1-17(2)15-24(29)26(31)28-23(25(30)27-19(5)18(3)4)16-20-11-13-22(14-12-20)21-9-7-6-8-10-21/h6-14,17-19,23-24,29H,15-16H2,1-5H3,(H,27,30)(H,28,31). The summed E-state index contributed by atoms with van der Waals surface area (Å²) in [7, 11) is 0. The first-order valence-corrected chi connectivity index (χ1v) is 11.1. The van der Waals surface area contributed by atoms with Crippen molar-refractivity contribution in [3.8, 4) is 11.1 Å². The maximum atomic E-state index is 12.9. The molecule has 5 heteroatoms. The molecule has 0 bridgehead atoms. The van der Waals surface area contributed by atoms with Crippen molar-refractivity contribution in [2.75, 3.05) is 0 Å². The first kappa shape index (κ1) is 24.6. The van der Waals surface area contributed by atoms with Crippen LogP contribution in [0.3, 0.4) is 0 Å². The topological polar surface area (TPSA) is 78.4 Å². The van der Waals surface area contributed by atoms with Crippen LogP contribution in [0, 0.1) is 11.8 Å². The minimum absolute atomic E-state index is 0.0204. The van der Waals surface area contributed by atoms with Crippen molar-refractivity contribution in [1.82, 2.24) is 10.6 Å². The minimum Gasteiger partial charge on any atom is -0.383 e. The Bertz CT molecular complexity index is 831. The Balaban J connectivity index is 2.15. The van der Waals surface area contributed by atoms with Crippen LogP contribution >= 0.6 is 0 Å². The number of hydrogen-bond acceptors (Lipinski definition) is 3. The van der Waals surface area contributed by atoms with Gasteiger partial charge < -0.3 is 15.7 Å². The molecular formula is C26H36N2O3. The van der Waals surface area contributed by atoms with Crippen molar-refractivity contribution < 1.29 is 14.7 Å². The van der Waals surface area contributed by atoms with E-state index in [0.29, 0.717) is 12.8 Å². The number of hydrogen-bond donors (Lipinski definition) is 3. The van der Waals surface area contributed by atoms with Crippen LogP contribution in [0.15, 0.2) is 54.6 Å². The zero-order chi connectivity index (χ0) is 23.0. The normalized spacial score (nSPS) is 14.2. The van der Waals surface area contributed by atoms with E-state index in [1.165, 1.54) is 0 Å². The molecule has 3 atom stereocenters. The van der Waals surface area contributed by atoms with Gasteiger partial charge in [0, 0.05) is 12.5 Å². The molecule has 0 saturated carbocycles. The lowest BCUT2D eigenvalue weighted by molar-refractivity contribution is -0.134. The molecule has 0 aromatic heterocycles. The molecule has 5 nitrogen and oxygen atoms in total. The molecule has 0 fully saturated rings. The number of benzene rings is 2. The third kappa shape index (κ3) is 7.83. The van der Waals surface area contributed by atoms with Gasteiger partial charge in [-0.1, -0.05) is 82.3 Å². The molecule has 168 valence electrons. The van der Waals surface area contributed by atoms with Gasteiger partial charge in [0.1, 0.15) is 12.1 Å². The molecule has 0 aliphatic carbocycles. The largest absolute Gasteiger partial charge is 0.383 e. The second kappa shape index (κ2) is 11.7. The van der Waals surface area contributed by atoms with Crippen LogP contribution in [0.1, 0.15) is 46.6 Å². The maximum absolute atomic E-state index is 12.9. The van der Waals surface area contributed by atoms with Crippen molar-refractivity contribution in [2.24, 2.45) is 11.8 Å². The van der Waals surface area contributed by atoms with E-state index < -0.39 is 18.1 Å². The Morgan fingerprint density at radius 2 is 1.39 bits per heavy atom. The molecule has 31 heavy (non-hydrogen) atoms. The number of aliphatic hydroxyl groups is 1. The van der Waals surface area contributed by atoms with Crippen LogP contribution in [-0.2, 0) is 16.0 Å². The predicted molar refractivity (Wildman–Crippen MR) is 125 cm³/mol. The summed E-state index contributed by atoms with van der Waals surface area (Å²) in [4.78, 5) is 25.4. The fourth-order valence-electron chi connectivity index (χ4n) is 3.22. The first-order valence-electron chi connectivity index (χ1n) is 11.1. The SMILES string of the molecule is CC(C)CC(O)C(=O)NC(Cc1ccc(-c2ccccc2)cc1)C(=O)NC(C)C(C)C. The lowest BCUT2D eigenvalue weighted by Crippen LogP contribution is -2.53. The van der Waals surface area contributed by atoms with E-state index >= 15 is 0 Å². The minimum atomic E-state index is -1.13. The van der Waals surface area contributed by atoms with Crippen LogP contribution in [0.4, 0.5) is 0 Å². The van der Waals surface area contributed by atoms with E-state index in [-0.39, 0.29) is 23.8 Å². The third-order valence-electron chi connectivity index (χ3n) is 5.50. The van der Waals surface area contributed by atoms with Crippen LogP contribution < -0.4 is 10.6 Å². The Hall–Kier alpha value is -2.66. The zero-order valence-corrected chi connectivity index (χ0v) is 19.3. The van der Waals surface area contributed by atoms with Crippen molar-refractivity contribution in [1.29, 1.82) is 0 Å². The van der Waals surface area contributed by atoms with E-state index in [4.69, 9.17) is 0 Å². The quantitative estimate of drug-likeness (QED) is 0.540. The summed E-state index contributed by atoms with van der Waals surface area (Å²) >= 11 is 0. The summed E-state index contributed by atoms with van der Waals surface area (Å²) in [5.41, 5.74) is 3.16. The summed E-state index contributed by atoms with van der Waals surface area (Å²) in [6, 6.07) is 17.3. The van der Waals surface area contributed by atoms with E-state index in [2.05, 4.69) is 22.8 Å². The molecule has 0 saturated heterocycles. The molecule has 0 radical (unpaired) electrons. The Morgan fingerprint density at radius 1 is 0.806 bits per heavy atom. The number of aliphatic hydroxyl groups excluding tert-OH is 1. The van der Waals surface area contributed by atoms with Gasteiger partial charge in [-0.05, 0) is 41.9 Å². The van der Waals surface area contributed by atoms with Gasteiger partial charge in [-0.2, -0.15) is 0 Å². The molecule has 2 rings (SSSR count). The number of amides is 2. The molecule has 2 amide bonds. The van der Waals surface area contributed by atoms with Gasteiger partial charge in [0.2, 0.25) is 11.8 Å². The average molecular weight is 425 g/mol. The summed E-state index contributed by atoms with van der Waals surface area (Å²) in [5.74, 6) is -0.290. The monoisotopic (exact) mass is 424 g/mol. The van der Waals surface area contributed by atoms with Gasteiger partial charge in [0.25, 0.3) is 0 Å². The van der Waals surface area contributed by atoms with Crippen LogP contribution in [0.2, 0.25) is 0 Å². The molecule has 3 unspecified atom stereocenters. The first-order chi connectivity index (χ1) is 14.7. The number of carbonyl (C=O) groups is 2. The van der Waals surface area contributed by atoms with E-state index in [0.717, 1.165) is 16.7 Å². The second-order valence-corrected chi connectivity index (χ2v) is 9.01. The fraction of sp³-hybridized carbons (Fsp3) is 0.462. The summed E-state index contributed by atoms with van der Waals surface area (Å²) < 4.78 is 0. The molecule has 0 heterocycles. The summed E-state index contributed by atoms with van der Waals surface area (Å²) in [6.45, 7) is 9.91. The average Bonchev–Trinajstić information content (AvgIpc) is 2.73. The molecule has 2 aromatic rings. The predicted octanol–water partition coefficient (Wildman–Crippen LogP) is 3.95. The Labute approximate surface area is 186 Å². The second-order valence-electron chi connectivity index (χ2n) is 9.01.